The summed E-state index contributed by atoms with van der Waals surface area (Å²) >= 11 is 0. The van der Waals surface area contributed by atoms with Crippen LogP contribution in [0.2, 0.25) is 0 Å². The molecule has 3 rings (SSSR count). The van der Waals surface area contributed by atoms with E-state index in [9.17, 15) is 4.79 Å². The van der Waals surface area contributed by atoms with Gasteiger partial charge in [0.2, 0.25) is 0 Å². The molecule has 0 amide bonds. The Labute approximate surface area is 125 Å². The zero-order chi connectivity index (χ0) is 15.2. The Morgan fingerprint density at radius 2 is 2.10 bits per heavy atom. The van der Waals surface area contributed by atoms with Gasteiger partial charge in [0.15, 0.2) is 0 Å². The summed E-state index contributed by atoms with van der Waals surface area (Å²) in [5.41, 5.74) is 2.10. The summed E-state index contributed by atoms with van der Waals surface area (Å²) in [6.45, 7) is 8.00. The molecule has 0 bridgehead atoms. The number of rotatable bonds is 3. The lowest BCUT2D eigenvalue weighted by molar-refractivity contribution is -0.142. The molecule has 0 aliphatic carbocycles. The number of esters is 1. The topological polar surface area (TPSA) is 40.5 Å². The van der Waals surface area contributed by atoms with E-state index in [4.69, 9.17) is 9.47 Å². The average molecular weight is 289 g/mol. The van der Waals surface area contributed by atoms with Gasteiger partial charge in [0.25, 0.3) is 0 Å². The van der Waals surface area contributed by atoms with Crippen LogP contribution in [0.5, 0.6) is 5.75 Å². The predicted molar refractivity (Wildman–Crippen MR) is 83.7 cm³/mol. The maximum atomic E-state index is 11.6. The number of para-hydroxylation sites is 1. The van der Waals surface area contributed by atoms with E-state index in [0.29, 0.717) is 19.6 Å². The van der Waals surface area contributed by atoms with Gasteiger partial charge in [-0.05, 0) is 18.6 Å². The second-order valence-electron chi connectivity index (χ2n) is 5.04. The molecule has 1 aliphatic rings. The normalized spacial score (nSPS) is 12.3. The molecule has 4 nitrogen and oxygen atoms in total. The Morgan fingerprint density at radius 3 is 2.81 bits per heavy atom. The molecule has 1 aromatic heterocycles. The molecule has 0 radical (unpaired) electrons. The third-order valence-corrected chi connectivity index (χ3v) is 3.17. The third kappa shape index (κ3) is 3.38. The molecule has 0 fully saturated rings. The monoisotopic (exact) mass is 289 g/mol. The van der Waals surface area contributed by atoms with Crippen LogP contribution in [-0.2, 0) is 22.5 Å². The van der Waals surface area contributed by atoms with Gasteiger partial charge >= 0.3 is 5.97 Å². The van der Waals surface area contributed by atoms with E-state index < -0.39 is 0 Å². The third-order valence-electron chi connectivity index (χ3n) is 3.17. The van der Waals surface area contributed by atoms with Gasteiger partial charge in [-0.3, -0.25) is 4.79 Å². The molecule has 0 saturated heterocycles. The van der Waals surface area contributed by atoms with Crippen LogP contribution in [0.15, 0.2) is 24.4 Å². The molecule has 0 spiro atoms. The number of ether oxygens (including phenoxy) is 2. The number of benzene rings is 1. The van der Waals surface area contributed by atoms with Crippen molar-refractivity contribution in [1.29, 1.82) is 0 Å². The van der Waals surface area contributed by atoms with Crippen molar-refractivity contribution < 1.29 is 14.3 Å². The lowest BCUT2D eigenvalue weighted by Gasteiger charge is -2.16. The number of hydrogen-bond acceptors (Lipinski definition) is 3. The zero-order valence-electron chi connectivity index (χ0n) is 13.0. The molecular formula is C17H23NO3. The van der Waals surface area contributed by atoms with Gasteiger partial charge in [-0.1, -0.05) is 32.4 Å². The highest BCUT2D eigenvalue weighted by atomic mass is 16.5. The van der Waals surface area contributed by atoms with E-state index in [1.807, 2.05) is 31.3 Å². The maximum absolute atomic E-state index is 11.6. The van der Waals surface area contributed by atoms with E-state index in [2.05, 4.69) is 18.4 Å². The maximum Gasteiger partial charge on any atom is 0.310 e. The molecule has 2 heterocycles. The van der Waals surface area contributed by atoms with Gasteiger partial charge in [-0.25, -0.2) is 0 Å². The number of nitrogens with zero attached hydrogens (tertiary/aromatic N) is 1. The summed E-state index contributed by atoms with van der Waals surface area (Å²) in [6, 6.07) is 5.95. The Bertz CT molecular complexity index is 616. The van der Waals surface area contributed by atoms with Crippen LogP contribution in [0, 0.1) is 0 Å². The molecule has 0 saturated carbocycles. The van der Waals surface area contributed by atoms with Crippen LogP contribution in [0.4, 0.5) is 0 Å². The highest BCUT2D eigenvalue weighted by molar-refractivity contribution is 5.92. The fourth-order valence-electron chi connectivity index (χ4n) is 2.46. The summed E-state index contributed by atoms with van der Waals surface area (Å²) in [5.74, 6) is 0.718. The van der Waals surface area contributed by atoms with E-state index in [1.165, 1.54) is 6.42 Å². The molecular weight excluding hydrogens is 266 g/mol. The first-order valence-electron chi connectivity index (χ1n) is 7.60. The Kier molecular flexibility index (Phi) is 5.26. The minimum atomic E-state index is -0.179. The fourth-order valence-corrected chi connectivity index (χ4v) is 2.46. The van der Waals surface area contributed by atoms with Gasteiger partial charge in [0.1, 0.15) is 12.4 Å². The minimum absolute atomic E-state index is 0.179. The number of carbonyl (C=O) groups is 1. The summed E-state index contributed by atoms with van der Waals surface area (Å²) in [5, 5.41) is 1.08. The first kappa shape index (κ1) is 15.4. The van der Waals surface area contributed by atoms with Crippen LogP contribution in [-0.4, -0.2) is 23.8 Å². The SMILES string of the molecule is CCC.CCOC(=O)Cc1cn2c3c(cccc13)OCC2. The van der Waals surface area contributed by atoms with Crippen molar-refractivity contribution in [2.75, 3.05) is 13.2 Å². The standard InChI is InChI=1S/C14H15NO3.C3H8/c1-2-17-13(16)8-10-9-15-6-7-18-12-5-3-4-11(10)14(12)15;1-3-2/h3-5,9H,2,6-8H2,1H3;3H2,1-2H3. The van der Waals surface area contributed by atoms with Crippen molar-refractivity contribution in [3.05, 3.63) is 30.0 Å². The zero-order valence-corrected chi connectivity index (χ0v) is 13.0. The minimum Gasteiger partial charge on any atom is -0.490 e. The molecule has 21 heavy (non-hydrogen) atoms. The van der Waals surface area contributed by atoms with Crippen molar-refractivity contribution >= 4 is 16.9 Å². The smallest absolute Gasteiger partial charge is 0.310 e. The van der Waals surface area contributed by atoms with Gasteiger partial charge in [-0.2, -0.15) is 0 Å². The highest BCUT2D eigenvalue weighted by Crippen LogP contribution is 2.32. The predicted octanol–water partition coefficient (Wildman–Crippen LogP) is 3.56. The molecule has 2 aromatic rings. The van der Waals surface area contributed by atoms with Gasteiger partial charge in [0.05, 0.1) is 25.1 Å². The second kappa shape index (κ2) is 7.16. The Hall–Kier alpha value is -1.97. The molecule has 0 unspecified atom stereocenters. The highest BCUT2D eigenvalue weighted by Gasteiger charge is 2.18. The quantitative estimate of drug-likeness (QED) is 0.811. The second-order valence-corrected chi connectivity index (χ2v) is 5.04. The van der Waals surface area contributed by atoms with E-state index in [0.717, 1.165) is 28.8 Å². The summed E-state index contributed by atoms with van der Waals surface area (Å²) in [4.78, 5) is 11.6. The van der Waals surface area contributed by atoms with Crippen molar-refractivity contribution in [3.63, 3.8) is 0 Å². The molecule has 114 valence electrons. The van der Waals surface area contributed by atoms with Crippen molar-refractivity contribution in [2.45, 2.75) is 40.2 Å². The molecule has 0 atom stereocenters. The molecule has 1 aliphatic heterocycles. The summed E-state index contributed by atoms with van der Waals surface area (Å²) < 4.78 is 12.8. The molecule has 1 aromatic carbocycles. The van der Waals surface area contributed by atoms with Crippen LogP contribution < -0.4 is 4.74 Å². The van der Waals surface area contributed by atoms with E-state index in [-0.39, 0.29) is 5.97 Å². The first-order valence-corrected chi connectivity index (χ1v) is 7.60. The Balaban J connectivity index is 0.000000497. The van der Waals surface area contributed by atoms with Crippen LogP contribution in [0.25, 0.3) is 10.9 Å². The van der Waals surface area contributed by atoms with E-state index >= 15 is 0 Å². The first-order chi connectivity index (χ1) is 10.2. The molecule has 0 N–H and O–H groups in total. The fraction of sp³-hybridized carbons (Fsp3) is 0.471. The Morgan fingerprint density at radius 1 is 1.33 bits per heavy atom. The lowest BCUT2D eigenvalue weighted by atomic mass is 10.1. The molecule has 4 heteroatoms. The van der Waals surface area contributed by atoms with Crippen molar-refractivity contribution in [3.8, 4) is 5.75 Å². The van der Waals surface area contributed by atoms with Gasteiger partial charge in [0, 0.05) is 11.6 Å². The number of hydrogen-bond donors (Lipinski definition) is 0. The summed E-state index contributed by atoms with van der Waals surface area (Å²) in [6.07, 6.45) is 3.61. The van der Waals surface area contributed by atoms with Crippen LogP contribution >= 0.6 is 0 Å². The van der Waals surface area contributed by atoms with Crippen molar-refractivity contribution in [1.82, 2.24) is 4.57 Å². The largest absolute Gasteiger partial charge is 0.490 e. The van der Waals surface area contributed by atoms with E-state index in [1.54, 1.807) is 0 Å². The van der Waals surface area contributed by atoms with Crippen molar-refractivity contribution in [2.24, 2.45) is 0 Å². The average Bonchev–Trinajstić information content (AvgIpc) is 2.81. The van der Waals surface area contributed by atoms with Crippen LogP contribution in [0.1, 0.15) is 32.8 Å². The van der Waals surface area contributed by atoms with Gasteiger partial charge in [-0.15, -0.1) is 0 Å². The lowest BCUT2D eigenvalue weighted by Crippen LogP contribution is -2.12. The summed E-state index contributed by atoms with van der Waals surface area (Å²) in [7, 11) is 0. The van der Waals surface area contributed by atoms with Gasteiger partial charge < -0.3 is 14.0 Å². The number of carbonyl (C=O) groups excluding carboxylic acids is 1. The van der Waals surface area contributed by atoms with Crippen LogP contribution in [0.3, 0.4) is 0 Å². The number of aromatic nitrogens is 1.